The van der Waals surface area contributed by atoms with Crippen LogP contribution in [-0.4, -0.2) is 37.0 Å². The molecule has 0 aliphatic rings. The predicted octanol–water partition coefficient (Wildman–Crippen LogP) is 0.644. The highest BCUT2D eigenvalue weighted by Crippen LogP contribution is 2.00. The van der Waals surface area contributed by atoms with Gasteiger partial charge in [-0.15, -0.1) is 5.10 Å². The Labute approximate surface area is 90.2 Å². The highest BCUT2D eigenvalue weighted by Gasteiger charge is 1.96. The van der Waals surface area contributed by atoms with Crippen molar-refractivity contribution >= 4 is 5.82 Å². The summed E-state index contributed by atoms with van der Waals surface area (Å²) in [5, 5.41) is 14.4. The molecular weight excluding hydrogens is 192 g/mol. The Hall–Kier alpha value is -1.20. The summed E-state index contributed by atoms with van der Waals surface area (Å²) >= 11 is 0. The summed E-state index contributed by atoms with van der Waals surface area (Å²) in [6.45, 7) is 5.18. The summed E-state index contributed by atoms with van der Waals surface area (Å²) < 4.78 is 4.92. The van der Waals surface area contributed by atoms with E-state index in [0.717, 1.165) is 31.1 Å². The van der Waals surface area contributed by atoms with Crippen LogP contribution in [0.3, 0.4) is 0 Å². The molecule has 0 spiro atoms. The van der Waals surface area contributed by atoms with Gasteiger partial charge in [-0.1, -0.05) is 6.92 Å². The Balaban J connectivity index is 2.35. The van der Waals surface area contributed by atoms with Crippen LogP contribution < -0.4 is 10.6 Å². The average molecular weight is 210 g/mol. The maximum atomic E-state index is 4.92. The van der Waals surface area contributed by atoms with Gasteiger partial charge in [0.15, 0.2) is 0 Å². The second-order valence-electron chi connectivity index (χ2n) is 3.11. The minimum Gasteiger partial charge on any atom is -0.383 e. The van der Waals surface area contributed by atoms with Gasteiger partial charge in [0, 0.05) is 20.2 Å². The molecule has 15 heavy (non-hydrogen) atoms. The van der Waals surface area contributed by atoms with Gasteiger partial charge in [0.1, 0.15) is 5.82 Å². The first-order chi connectivity index (χ1) is 7.36. The molecule has 5 heteroatoms. The normalized spacial score (nSPS) is 10.3. The molecule has 1 heterocycles. The average Bonchev–Trinajstić information content (AvgIpc) is 2.28. The molecule has 5 nitrogen and oxygen atoms in total. The lowest BCUT2D eigenvalue weighted by Crippen LogP contribution is -2.14. The Kier molecular flexibility index (Phi) is 5.65. The first kappa shape index (κ1) is 11.9. The van der Waals surface area contributed by atoms with E-state index in [4.69, 9.17) is 4.74 Å². The fraction of sp³-hybridized carbons (Fsp3) is 0.600. The van der Waals surface area contributed by atoms with Crippen LogP contribution in [0.15, 0.2) is 12.1 Å². The summed E-state index contributed by atoms with van der Waals surface area (Å²) in [5.41, 5.74) is 0.953. The molecule has 0 fully saturated rings. The molecule has 0 aliphatic heterocycles. The second kappa shape index (κ2) is 7.14. The van der Waals surface area contributed by atoms with E-state index in [9.17, 15) is 0 Å². The van der Waals surface area contributed by atoms with Crippen LogP contribution in [-0.2, 0) is 11.3 Å². The minimum atomic E-state index is 0.667. The summed E-state index contributed by atoms with van der Waals surface area (Å²) in [6.07, 6.45) is 0. The van der Waals surface area contributed by atoms with Gasteiger partial charge in [-0.05, 0) is 18.7 Å². The monoisotopic (exact) mass is 210 g/mol. The molecule has 0 atom stereocenters. The topological polar surface area (TPSA) is 59.1 Å². The van der Waals surface area contributed by atoms with E-state index < -0.39 is 0 Å². The molecule has 0 amide bonds. The molecule has 0 unspecified atom stereocenters. The number of aromatic nitrogens is 2. The van der Waals surface area contributed by atoms with E-state index in [1.54, 1.807) is 7.11 Å². The van der Waals surface area contributed by atoms with E-state index >= 15 is 0 Å². The van der Waals surface area contributed by atoms with E-state index in [0.29, 0.717) is 6.61 Å². The first-order valence-electron chi connectivity index (χ1n) is 5.13. The second-order valence-corrected chi connectivity index (χ2v) is 3.11. The highest BCUT2D eigenvalue weighted by molar-refractivity contribution is 5.32. The molecule has 1 rings (SSSR count). The van der Waals surface area contributed by atoms with Gasteiger partial charge >= 0.3 is 0 Å². The number of methoxy groups -OCH3 is 1. The quantitative estimate of drug-likeness (QED) is 0.647. The van der Waals surface area contributed by atoms with Crippen molar-refractivity contribution in [1.82, 2.24) is 15.5 Å². The molecule has 0 saturated heterocycles. The van der Waals surface area contributed by atoms with E-state index in [1.165, 1.54) is 0 Å². The summed E-state index contributed by atoms with van der Waals surface area (Å²) in [6, 6.07) is 3.89. The third kappa shape index (κ3) is 4.71. The number of nitrogens with zero attached hydrogens (tertiary/aromatic N) is 2. The van der Waals surface area contributed by atoms with Crippen molar-refractivity contribution < 1.29 is 4.74 Å². The largest absolute Gasteiger partial charge is 0.383 e. The van der Waals surface area contributed by atoms with Crippen molar-refractivity contribution in [3.05, 3.63) is 17.8 Å². The highest BCUT2D eigenvalue weighted by atomic mass is 16.5. The van der Waals surface area contributed by atoms with Crippen molar-refractivity contribution in [1.29, 1.82) is 0 Å². The maximum Gasteiger partial charge on any atom is 0.148 e. The van der Waals surface area contributed by atoms with Crippen LogP contribution in [0.25, 0.3) is 0 Å². The standard InChI is InChI=1S/C10H18N4O/c1-3-11-8-9-4-5-10(14-13-9)12-6-7-15-2/h4-5,11H,3,6-8H2,1-2H3,(H,12,14). The molecule has 2 N–H and O–H groups in total. The molecule has 0 radical (unpaired) electrons. The van der Waals surface area contributed by atoms with Crippen LogP contribution in [0.2, 0.25) is 0 Å². The van der Waals surface area contributed by atoms with Gasteiger partial charge in [0.2, 0.25) is 0 Å². The third-order valence-electron chi connectivity index (χ3n) is 1.89. The zero-order chi connectivity index (χ0) is 10.9. The third-order valence-corrected chi connectivity index (χ3v) is 1.89. The summed E-state index contributed by atoms with van der Waals surface area (Å²) in [7, 11) is 1.67. The van der Waals surface area contributed by atoms with Gasteiger partial charge in [-0.3, -0.25) is 0 Å². The predicted molar refractivity (Wildman–Crippen MR) is 59.8 cm³/mol. The summed E-state index contributed by atoms with van der Waals surface area (Å²) in [4.78, 5) is 0. The van der Waals surface area contributed by atoms with Crippen molar-refractivity contribution in [3.63, 3.8) is 0 Å². The smallest absolute Gasteiger partial charge is 0.148 e. The lowest BCUT2D eigenvalue weighted by atomic mass is 10.4. The Morgan fingerprint density at radius 3 is 2.80 bits per heavy atom. The van der Waals surface area contributed by atoms with Gasteiger partial charge in [0.05, 0.1) is 12.3 Å². The van der Waals surface area contributed by atoms with Crippen molar-refractivity contribution in [2.75, 3.05) is 32.1 Å². The number of anilines is 1. The molecule has 0 saturated carbocycles. The molecule has 0 aliphatic carbocycles. The van der Waals surface area contributed by atoms with Crippen molar-refractivity contribution in [2.45, 2.75) is 13.5 Å². The minimum absolute atomic E-state index is 0.667. The lowest BCUT2D eigenvalue weighted by Gasteiger charge is -2.04. The first-order valence-corrected chi connectivity index (χ1v) is 5.13. The Bertz CT molecular complexity index is 263. The maximum absolute atomic E-state index is 4.92. The molecule has 0 aromatic carbocycles. The number of hydrogen-bond donors (Lipinski definition) is 2. The van der Waals surface area contributed by atoms with Crippen LogP contribution in [0.4, 0.5) is 5.82 Å². The lowest BCUT2D eigenvalue weighted by molar-refractivity contribution is 0.210. The van der Waals surface area contributed by atoms with Gasteiger partial charge < -0.3 is 15.4 Å². The Morgan fingerprint density at radius 1 is 1.33 bits per heavy atom. The van der Waals surface area contributed by atoms with Gasteiger partial charge in [-0.2, -0.15) is 5.10 Å². The van der Waals surface area contributed by atoms with E-state index in [-0.39, 0.29) is 0 Å². The zero-order valence-corrected chi connectivity index (χ0v) is 9.29. The molecule has 84 valence electrons. The number of nitrogens with one attached hydrogen (secondary N) is 2. The summed E-state index contributed by atoms with van der Waals surface area (Å²) in [5.74, 6) is 0.785. The molecule has 1 aromatic heterocycles. The molecular formula is C10H18N4O. The van der Waals surface area contributed by atoms with E-state index in [1.807, 2.05) is 12.1 Å². The van der Waals surface area contributed by atoms with Gasteiger partial charge in [0.25, 0.3) is 0 Å². The van der Waals surface area contributed by atoms with Crippen LogP contribution in [0, 0.1) is 0 Å². The number of hydrogen-bond acceptors (Lipinski definition) is 5. The Morgan fingerprint density at radius 2 is 2.20 bits per heavy atom. The van der Waals surface area contributed by atoms with Crippen LogP contribution in [0.1, 0.15) is 12.6 Å². The van der Waals surface area contributed by atoms with Crippen molar-refractivity contribution in [2.24, 2.45) is 0 Å². The van der Waals surface area contributed by atoms with Crippen LogP contribution >= 0.6 is 0 Å². The SMILES string of the molecule is CCNCc1ccc(NCCOC)nn1. The fourth-order valence-electron chi connectivity index (χ4n) is 1.08. The number of rotatable bonds is 7. The van der Waals surface area contributed by atoms with Crippen LogP contribution in [0.5, 0.6) is 0 Å². The fourth-order valence-corrected chi connectivity index (χ4v) is 1.08. The zero-order valence-electron chi connectivity index (χ0n) is 9.29. The van der Waals surface area contributed by atoms with Crippen molar-refractivity contribution in [3.8, 4) is 0 Å². The molecule has 1 aromatic rings. The van der Waals surface area contributed by atoms with E-state index in [2.05, 4.69) is 27.8 Å². The number of ether oxygens (including phenoxy) is 1. The van der Waals surface area contributed by atoms with Gasteiger partial charge in [-0.25, -0.2) is 0 Å². The molecule has 0 bridgehead atoms.